The maximum Gasteiger partial charge on any atom is 0.115 e. The molecular weight excluding hydrogens is 276 g/mol. The fourth-order valence-electron chi connectivity index (χ4n) is 3.40. The van der Waals surface area contributed by atoms with Crippen molar-refractivity contribution in [2.75, 3.05) is 0 Å². The molecule has 0 saturated heterocycles. The van der Waals surface area contributed by atoms with Crippen LogP contribution in [0.3, 0.4) is 0 Å². The van der Waals surface area contributed by atoms with Gasteiger partial charge in [0.1, 0.15) is 5.75 Å². The van der Waals surface area contributed by atoms with Crippen molar-refractivity contribution in [3.63, 3.8) is 0 Å². The lowest BCUT2D eigenvalue weighted by molar-refractivity contribution is 0.317. The maximum atomic E-state index is 9.52. The van der Waals surface area contributed by atoms with Gasteiger partial charge in [-0.05, 0) is 49.6 Å². The second-order valence-corrected chi connectivity index (χ2v) is 5.59. The summed E-state index contributed by atoms with van der Waals surface area (Å²) in [6.45, 7) is 0. The average molecular weight is 292 g/mol. The quantitative estimate of drug-likeness (QED) is 0.528. The van der Waals surface area contributed by atoms with Gasteiger partial charge in [-0.1, -0.05) is 23.4 Å². The lowest BCUT2D eigenvalue weighted by Crippen LogP contribution is -2.13. The van der Waals surface area contributed by atoms with Gasteiger partial charge in [-0.3, -0.25) is 0 Å². The summed E-state index contributed by atoms with van der Waals surface area (Å²) in [5.74, 6) is 0.256. The van der Waals surface area contributed by atoms with Crippen LogP contribution in [0.1, 0.15) is 24.1 Å². The minimum atomic E-state index is 0.256. The second-order valence-electron chi connectivity index (χ2n) is 5.59. The first kappa shape index (κ1) is 13.0. The van der Waals surface area contributed by atoms with Crippen molar-refractivity contribution < 1.29 is 10.3 Å². The van der Waals surface area contributed by atoms with Gasteiger partial charge in [-0.25, -0.2) is 0 Å². The molecule has 1 aliphatic carbocycles. The summed E-state index contributed by atoms with van der Waals surface area (Å²) in [5, 5.41) is 23.5. The van der Waals surface area contributed by atoms with Crippen LogP contribution >= 0.6 is 0 Å². The Morgan fingerprint density at radius 3 is 2.50 bits per heavy atom. The number of fused-ring (bicyclic) bond motifs is 3. The van der Waals surface area contributed by atoms with E-state index in [2.05, 4.69) is 21.9 Å². The van der Waals surface area contributed by atoms with Gasteiger partial charge in [-0.15, -0.1) is 0 Å². The number of phenolic OH excluding ortho intramolecular Hbond substituents is 1. The monoisotopic (exact) mass is 292 g/mol. The fourth-order valence-corrected chi connectivity index (χ4v) is 3.40. The summed E-state index contributed by atoms with van der Waals surface area (Å²) < 4.78 is 2.20. The van der Waals surface area contributed by atoms with E-state index in [1.807, 2.05) is 24.3 Å². The molecule has 0 spiro atoms. The van der Waals surface area contributed by atoms with Gasteiger partial charge in [0, 0.05) is 22.3 Å². The van der Waals surface area contributed by atoms with E-state index in [4.69, 9.17) is 0 Å². The summed E-state index contributed by atoms with van der Waals surface area (Å²) in [6, 6.07) is 15.4. The topological polar surface area (TPSA) is 57.8 Å². The van der Waals surface area contributed by atoms with Gasteiger partial charge in [0.2, 0.25) is 0 Å². The maximum absolute atomic E-state index is 9.52. The minimum absolute atomic E-state index is 0.256. The molecule has 0 bridgehead atoms. The van der Waals surface area contributed by atoms with Crippen LogP contribution in [0.2, 0.25) is 0 Å². The van der Waals surface area contributed by atoms with Crippen LogP contribution in [0.5, 0.6) is 5.75 Å². The Labute approximate surface area is 127 Å². The Morgan fingerprint density at radius 1 is 0.955 bits per heavy atom. The number of phenols is 1. The minimum Gasteiger partial charge on any atom is -0.508 e. The van der Waals surface area contributed by atoms with Crippen LogP contribution in [0.25, 0.3) is 16.6 Å². The molecule has 2 aromatic carbocycles. The first-order valence-electron chi connectivity index (χ1n) is 7.42. The van der Waals surface area contributed by atoms with Gasteiger partial charge < -0.3 is 14.9 Å². The van der Waals surface area contributed by atoms with Crippen molar-refractivity contribution in [2.24, 2.45) is 5.16 Å². The molecule has 0 radical (unpaired) electrons. The standard InChI is InChI=1S/C18H16N2O2/c21-13-10-8-12(9-11-13)20-16-6-2-1-4-14(16)18-15(19-22)5-3-7-17(18)20/h1-2,4,6,8-11,21-22H,3,5,7H2/b19-15+. The summed E-state index contributed by atoms with van der Waals surface area (Å²) in [7, 11) is 0. The second kappa shape index (κ2) is 4.91. The molecule has 1 aliphatic rings. The van der Waals surface area contributed by atoms with E-state index in [9.17, 15) is 10.3 Å². The number of rotatable bonds is 1. The molecule has 110 valence electrons. The molecule has 22 heavy (non-hydrogen) atoms. The van der Waals surface area contributed by atoms with E-state index < -0.39 is 0 Å². The number of nitrogens with zero attached hydrogens (tertiary/aromatic N) is 2. The van der Waals surface area contributed by atoms with Gasteiger partial charge >= 0.3 is 0 Å². The van der Waals surface area contributed by atoms with Crippen LogP contribution in [-0.2, 0) is 6.42 Å². The third-order valence-electron chi connectivity index (χ3n) is 4.32. The highest BCUT2D eigenvalue weighted by Crippen LogP contribution is 2.35. The molecule has 1 aromatic heterocycles. The van der Waals surface area contributed by atoms with E-state index in [1.54, 1.807) is 12.1 Å². The zero-order valence-corrected chi connectivity index (χ0v) is 12.0. The highest BCUT2D eigenvalue weighted by Gasteiger charge is 2.25. The first-order valence-corrected chi connectivity index (χ1v) is 7.42. The Bertz CT molecular complexity index is 876. The van der Waals surface area contributed by atoms with Gasteiger partial charge in [0.15, 0.2) is 0 Å². The molecule has 4 heteroatoms. The zero-order chi connectivity index (χ0) is 15.1. The molecule has 0 aliphatic heterocycles. The Kier molecular flexibility index (Phi) is 2.89. The van der Waals surface area contributed by atoms with E-state index in [-0.39, 0.29) is 5.75 Å². The predicted octanol–water partition coefficient (Wildman–Crippen LogP) is 3.85. The molecule has 0 saturated carbocycles. The molecule has 4 rings (SSSR count). The van der Waals surface area contributed by atoms with E-state index in [0.29, 0.717) is 0 Å². The molecule has 3 aromatic rings. The highest BCUT2D eigenvalue weighted by molar-refractivity contribution is 6.13. The normalized spacial score (nSPS) is 16.1. The molecule has 0 fully saturated rings. The fraction of sp³-hybridized carbons (Fsp3) is 0.167. The lowest BCUT2D eigenvalue weighted by Gasteiger charge is -2.17. The van der Waals surface area contributed by atoms with Gasteiger partial charge in [-0.2, -0.15) is 0 Å². The molecular formula is C18H16N2O2. The van der Waals surface area contributed by atoms with Gasteiger partial charge in [0.05, 0.1) is 11.2 Å². The molecule has 4 nitrogen and oxygen atoms in total. The summed E-state index contributed by atoms with van der Waals surface area (Å²) in [4.78, 5) is 0. The van der Waals surface area contributed by atoms with Crippen molar-refractivity contribution in [3.8, 4) is 11.4 Å². The number of hydrogen-bond acceptors (Lipinski definition) is 3. The molecule has 0 atom stereocenters. The Hall–Kier alpha value is -2.75. The first-order chi connectivity index (χ1) is 10.8. The number of benzene rings is 2. The van der Waals surface area contributed by atoms with Crippen LogP contribution in [0.4, 0.5) is 0 Å². The van der Waals surface area contributed by atoms with Crippen molar-refractivity contribution in [1.29, 1.82) is 0 Å². The summed E-state index contributed by atoms with van der Waals surface area (Å²) in [6.07, 6.45) is 2.72. The number of aromatic hydroxyl groups is 1. The highest BCUT2D eigenvalue weighted by atomic mass is 16.4. The number of hydrogen-bond donors (Lipinski definition) is 2. The third-order valence-corrected chi connectivity index (χ3v) is 4.32. The van der Waals surface area contributed by atoms with Crippen molar-refractivity contribution in [1.82, 2.24) is 4.57 Å². The van der Waals surface area contributed by atoms with Crippen molar-refractivity contribution in [3.05, 3.63) is 59.8 Å². The smallest absolute Gasteiger partial charge is 0.115 e. The van der Waals surface area contributed by atoms with E-state index >= 15 is 0 Å². The SMILES string of the molecule is O/N=C1\CCCc2c1c1ccccc1n2-c1ccc(O)cc1. The average Bonchev–Trinajstić information content (AvgIpc) is 2.90. The number of aromatic nitrogens is 1. The molecule has 1 heterocycles. The molecule has 0 amide bonds. The third kappa shape index (κ3) is 1.80. The van der Waals surface area contributed by atoms with E-state index in [0.717, 1.165) is 47.1 Å². The number of para-hydroxylation sites is 1. The molecule has 0 unspecified atom stereocenters. The molecule has 2 N–H and O–H groups in total. The summed E-state index contributed by atoms with van der Waals surface area (Å²) >= 11 is 0. The zero-order valence-electron chi connectivity index (χ0n) is 12.0. The van der Waals surface area contributed by atoms with Crippen LogP contribution in [0.15, 0.2) is 53.7 Å². The van der Waals surface area contributed by atoms with Crippen molar-refractivity contribution in [2.45, 2.75) is 19.3 Å². The van der Waals surface area contributed by atoms with Crippen LogP contribution in [-0.4, -0.2) is 20.6 Å². The van der Waals surface area contributed by atoms with E-state index in [1.165, 1.54) is 5.69 Å². The van der Waals surface area contributed by atoms with Gasteiger partial charge in [0.25, 0.3) is 0 Å². The summed E-state index contributed by atoms with van der Waals surface area (Å²) in [5.41, 5.74) is 5.09. The Morgan fingerprint density at radius 2 is 1.73 bits per heavy atom. The lowest BCUT2D eigenvalue weighted by atomic mass is 9.93. The van der Waals surface area contributed by atoms with Crippen LogP contribution < -0.4 is 0 Å². The Balaban J connectivity index is 2.09. The van der Waals surface area contributed by atoms with Crippen molar-refractivity contribution >= 4 is 16.6 Å². The predicted molar refractivity (Wildman–Crippen MR) is 86.2 cm³/mol. The van der Waals surface area contributed by atoms with Crippen LogP contribution in [0, 0.1) is 0 Å². The number of oxime groups is 1. The largest absolute Gasteiger partial charge is 0.508 e.